The van der Waals surface area contributed by atoms with Gasteiger partial charge in [-0.2, -0.15) is 0 Å². The molecule has 0 N–H and O–H groups in total. The van der Waals surface area contributed by atoms with Crippen molar-refractivity contribution in [1.82, 2.24) is 0 Å². The fourth-order valence-electron chi connectivity index (χ4n) is 3.28. The molecular weight excluding hydrogens is 408 g/mol. The number of quaternary nitrogens is 1. The van der Waals surface area contributed by atoms with E-state index in [9.17, 15) is 13.0 Å². The number of nitrogens with zero attached hydrogens (tertiary/aromatic N) is 2. The molecule has 1 aliphatic rings. The molecule has 0 fully saturated rings. The Morgan fingerprint density at radius 1 is 1.03 bits per heavy atom. The van der Waals surface area contributed by atoms with Gasteiger partial charge in [0.25, 0.3) is 0 Å². The molecule has 0 saturated carbocycles. The van der Waals surface area contributed by atoms with Crippen molar-refractivity contribution in [2.75, 3.05) is 38.7 Å². The first-order chi connectivity index (χ1) is 13.6. The van der Waals surface area contributed by atoms with E-state index < -0.39 is 10.4 Å². The first-order valence-electron chi connectivity index (χ1n) is 9.65. The third-order valence-corrected chi connectivity index (χ3v) is 6.44. The number of fused-ring (bicyclic) bond motifs is 2. The molecule has 160 valence electrons. The second-order valence-corrected chi connectivity index (χ2v) is 9.64. The maximum absolute atomic E-state index is 9.45. The van der Waals surface area contributed by atoms with Crippen LogP contribution in [0.5, 0.6) is 0 Å². The number of para-hydroxylation sites is 2. The Kier molecular flexibility index (Phi) is 8.13. The molecule has 1 unspecified atom stereocenters. The van der Waals surface area contributed by atoms with Crippen LogP contribution in [0, 0.1) is 0 Å². The number of anilines is 2. The zero-order chi connectivity index (χ0) is 21.7. The quantitative estimate of drug-likeness (QED) is 0.381. The first kappa shape index (κ1) is 23.7. The average Bonchev–Trinajstić information content (AvgIpc) is 2.65. The summed E-state index contributed by atoms with van der Waals surface area (Å²) in [4.78, 5) is 5.24. The van der Waals surface area contributed by atoms with Crippen LogP contribution in [0.3, 0.4) is 0 Å². The van der Waals surface area contributed by atoms with Gasteiger partial charge in [-0.1, -0.05) is 36.0 Å². The summed E-state index contributed by atoms with van der Waals surface area (Å²) in [5.41, 5.74) is 2.68. The van der Waals surface area contributed by atoms with Gasteiger partial charge in [-0.25, -0.2) is 8.42 Å². The van der Waals surface area contributed by atoms with Crippen molar-refractivity contribution >= 4 is 33.5 Å². The standard InChI is InChI=1S/C19H25N2S.C2H6O4S/c1-5-21(3,4)14-15(2)20-16-10-6-8-12-18(16)22-19-13-9-7-11-17(19)20;1-2-6-7(3,4)5/h6-13,15H,5,14H2,1-4H3;2H2,1H3,(H,3,4,5)/q+1;/p-1. The molecule has 1 aliphatic heterocycles. The minimum Gasteiger partial charge on any atom is -0.726 e. The molecule has 1 atom stereocenters. The molecule has 8 heteroatoms. The Balaban J connectivity index is 0.000000370. The van der Waals surface area contributed by atoms with Gasteiger partial charge in [-0.3, -0.25) is 4.18 Å². The van der Waals surface area contributed by atoms with Crippen LogP contribution < -0.4 is 4.90 Å². The highest BCUT2D eigenvalue weighted by Gasteiger charge is 2.30. The molecule has 0 aliphatic carbocycles. The maximum Gasteiger partial charge on any atom is 0.217 e. The lowest BCUT2D eigenvalue weighted by Gasteiger charge is -2.40. The molecule has 0 radical (unpaired) electrons. The molecule has 0 saturated heterocycles. The lowest BCUT2D eigenvalue weighted by atomic mass is 10.1. The highest BCUT2D eigenvalue weighted by atomic mass is 32.3. The smallest absolute Gasteiger partial charge is 0.217 e. The summed E-state index contributed by atoms with van der Waals surface area (Å²) in [7, 11) is 0.201. The Bertz CT molecular complexity index is 871. The molecule has 1 heterocycles. The van der Waals surface area contributed by atoms with E-state index in [4.69, 9.17) is 0 Å². The van der Waals surface area contributed by atoms with Crippen molar-refractivity contribution in [3.05, 3.63) is 48.5 Å². The van der Waals surface area contributed by atoms with Crippen LogP contribution in [0.2, 0.25) is 0 Å². The van der Waals surface area contributed by atoms with Gasteiger partial charge in [0.05, 0.1) is 51.2 Å². The Hall–Kier alpha value is -1.58. The topological polar surface area (TPSA) is 69.7 Å². The molecular formula is C21H30N2O4S2. The minimum absolute atomic E-state index is 0.0914. The zero-order valence-electron chi connectivity index (χ0n) is 17.7. The van der Waals surface area contributed by atoms with E-state index >= 15 is 0 Å². The van der Waals surface area contributed by atoms with Gasteiger partial charge in [0.1, 0.15) is 0 Å². The van der Waals surface area contributed by atoms with Gasteiger partial charge < -0.3 is 13.9 Å². The highest BCUT2D eigenvalue weighted by Crippen LogP contribution is 2.48. The molecule has 0 spiro atoms. The van der Waals surface area contributed by atoms with Crippen molar-refractivity contribution in [1.29, 1.82) is 0 Å². The Morgan fingerprint density at radius 3 is 1.90 bits per heavy atom. The van der Waals surface area contributed by atoms with Gasteiger partial charge in [0.15, 0.2) is 0 Å². The van der Waals surface area contributed by atoms with E-state index in [0.717, 1.165) is 17.6 Å². The van der Waals surface area contributed by atoms with Crippen LogP contribution in [-0.4, -0.2) is 57.3 Å². The molecule has 0 amide bonds. The number of likely N-dealkylation sites (N-methyl/N-ethyl adjacent to an activating group) is 1. The van der Waals surface area contributed by atoms with Crippen LogP contribution in [-0.2, 0) is 14.6 Å². The van der Waals surface area contributed by atoms with Gasteiger partial charge in [-0.15, -0.1) is 0 Å². The molecule has 0 bridgehead atoms. The van der Waals surface area contributed by atoms with Crippen LogP contribution in [0.15, 0.2) is 58.3 Å². The first-order valence-corrected chi connectivity index (χ1v) is 11.8. The van der Waals surface area contributed by atoms with Gasteiger partial charge in [0, 0.05) is 9.79 Å². The monoisotopic (exact) mass is 438 g/mol. The SMILES string of the molecule is CCOS(=O)(=O)[O-].CC[N+](C)(C)CC(C)N1c2ccccc2Sc2ccccc21. The minimum atomic E-state index is -4.42. The van der Waals surface area contributed by atoms with E-state index in [-0.39, 0.29) is 6.61 Å². The third-order valence-electron chi connectivity index (χ3n) is 4.79. The fourth-order valence-corrected chi connectivity index (χ4v) is 4.64. The van der Waals surface area contributed by atoms with Crippen LogP contribution in [0.1, 0.15) is 20.8 Å². The number of rotatable bonds is 6. The third kappa shape index (κ3) is 6.72. The molecule has 29 heavy (non-hydrogen) atoms. The molecule has 6 nitrogen and oxygen atoms in total. The maximum atomic E-state index is 9.45. The zero-order valence-corrected chi connectivity index (χ0v) is 19.3. The van der Waals surface area contributed by atoms with Crippen molar-refractivity contribution in [2.24, 2.45) is 0 Å². The molecule has 2 aromatic carbocycles. The van der Waals surface area contributed by atoms with E-state index in [1.807, 2.05) is 11.8 Å². The van der Waals surface area contributed by atoms with Crippen molar-refractivity contribution in [3.63, 3.8) is 0 Å². The summed E-state index contributed by atoms with van der Waals surface area (Å²) >= 11 is 1.88. The second-order valence-electron chi connectivity index (χ2n) is 7.51. The lowest BCUT2D eigenvalue weighted by molar-refractivity contribution is -0.889. The van der Waals surface area contributed by atoms with Gasteiger partial charge >= 0.3 is 0 Å². The highest BCUT2D eigenvalue weighted by molar-refractivity contribution is 7.99. The largest absolute Gasteiger partial charge is 0.726 e. The van der Waals surface area contributed by atoms with E-state index in [0.29, 0.717) is 6.04 Å². The van der Waals surface area contributed by atoms with Crippen molar-refractivity contribution < 1.29 is 21.6 Å². The summed E-state index contributed by atoms with van der Waals surface area (Å²) in [5.74, 6) is 0. The van der Waals surface area contributed by atoms with Crippen molar-refractivity contribution in [2.45, 2.75) is 36.6 Å². The lowest BCUT2D eigenvalue weighted by Crippen LogP contribution is -2.49. The van der Waals surface area contributed by atoms with Crippen LogP contribution in [0.4, 0.5) is 11.4 Å². The Morgan fingerprint density at radius 2 is 1.52 bits per heavy atom. The molecule has 2 aromatic rings. The van der Waals surface area contributed by atoms with Crippen LogP contribution in [0.25, 0.3) is 0 Å². The predicted molar refractivity (Wildman–Crippen MR) is 117 cm³/mol. The summed E-state index contributed by atoms with van der Waals surface area (Å²) in [6.45, 7) is 8.22. The number of hydrogen-bond donors (Lipinski definition) is 0. The van der Waals surface area contributed by atoms with Gasteiger partial charge in [-0.05, 0) is 45.0 Å². The van der Waals surface area contributed by atoms with Crippen LogP contribution >= 0.6 is 11.8 Å². The normalized spacial score (nSPS) is 14.3. The molecule has 3 rings (SSSR count). The second kappa shape index (κ2) is 9.95. The summed E-state index contributed by atoms with van der Waals surface area (Å²) in [6, 6.07) is 18.0. The molecule has 0 aromatic heterocycles. The van der Waals surface area contributed by atoms with E-state index in [2.05, 4.69) is 85.6 Å². The predicted octanol–water partition coefficient (Wildman–Crippen LogP) is 4.26. The summed E-state index contributed by atoms with van der Waals surface area (Å²) in [6.07, 6.45) is 0. The van der Waals surface area contributed by atoms with E-state index in [1.54, 1.807) is 0 Å². The number of hydrogen-bond acceptors (Lipinski definition) is 6. The van der Waals surface area contributed by atoms with Gasteiger partial charge in [0.2, 0.25) is 10.4 Å². The summed E-state index contributed by atoms with van der Waals surface area (Å²) in [5, 5.41) is 0. The number of benzene rings is 2. The summed E-state index contributed by atoms with van der Waals surface area (Å²) < 4.78 is 33.0. The fraction of sp³-hybridized carbons (Fsp3) is 0.429. The van der Waals surface area contributed by atoms with Crippen molar-refractivity contribution in [3.8, 4) is 0 Å². The van der Waals surface area contributed by atoms with E-state index in [1.165, 1.54) is 28.1 Å². The average molecular weight is 439 g/mol. The Labute approximate surface area is 179 Å².